The average Bonchev–Trinajstić information content (AvgIpc) is 3.33. The average molecular weight is 454 g/mol. The predicted octanol–water partition coefficient (Wildman–Crippen LogP) is 2.95. The smallest absolute Gasteiger partial charge is 0.253 e. The second-order valence-corrected chi connectivity index (χ2v) is 8.68. The molecule has 1 unspecified atom stereocenters. The van der Waals surface area contributed by atoms with Crippen LogP contribution in [0.2, 0.25) is 5.02 Å². The number of halogens is 1. The van der Waals surface area contributed by atoms with E-state index in [-0.39, 0.29) is 11.9 Å². The molecule has 0 spiro atoms. The molecule has 2 aromatic carbocycles. The summed E-state index contributed by atoms with van der Waals surface area (Å²) in [7, 11) is 0. The number of amides is 1. The normalized spacial score (nSPS) is 15.5. The van der Waals surface area contributed by atoms with Crippen LogP contribution in [0.3, 0.4) is 0 Å². The zero-order valence-corrected chi connectivity index (χ0v) is 19.2. The van der Waals surface area contributed by atoms with Gasteiger partial charge in [0.2, 0.25) is 0 Å². The van der Waals surface area contributed by atoms with E-state index in [4.69, 9.17) is 11.6 Å². The van der Waals surface area contributed by atoms with Crippen molar-refractivity contribution in [1.82, 2.24) is 30.4 Å². The number of hydrogen-bond acceptors (Lipinski definition) is 6. The van der Waals surface area contributed by atoms with E-state index in [1.165, 1.54) is 22.3 Å². The second-order valence-electron chi connectivity index (χ2n) is 8.25. The quantitative estimate of drug-likeness (QED) is 0.592. The van der Waals surface area contributed by atoms with Crippen molar-refractivity contribution >= 4 is 23.2 Å². The molecular formula is C23H28ClN7O. The maximum absolute atomic E-state index is 12.9. The number of aryl methyl sites for hydroxylation is 1. The van der Waals surface area contributed by atoms with E-state index in [1.54, 1.807) is 18.2 Å². The van der Waals surface area contributed by atoms with E-state index in [1.807, 2.05) is 6.92 Å². The molecule has 0 radical (unpaired) electrons. The molecule has 1 atom stereocenters. The van der Waals surface area contributed by atoms with E-state index in [9.17, 15) is 4.79 Å². The molecule has 1 amide bonds. The van der Waals surface area contributed by atoms with Gasteiger partial charge in [0.25, 0.3) is 5.91 Å². The maximum atomic E-state index is 12.9. The summed E-state index contributed by atoms with van der Waals surface area (Å²) in [6.45, 7) is 9.17. The topological polar surface area (TPSA) is 79.2 Å². The molecule has 2 heterocycles. The molecular weight excluding hydrogens is 426 g/mol. The molecule has 3 aromatic rings. The number of piperazine rings is 1. The van der Waals surface area contributed by atoms with Gasteiger partial charge < -0.3 is 10.2 Å². The van der Waals surface area contributed by atoms with Crippen LogP contribution >= 0.6 is 11.6 Å². The van der Waals surface area contributed by atoms with Gasteiger partial charge >= 0.3 is 0 Å². The van der Waals surface area contributed by atoms with Crippen LogP contribution in [0.4, 0.5) is 5.69 Å². The summed E-state index contributed by atoms with van der Waals surface area (Å²) in [5.41, 5.74) is 3.63. The lowest BCUT2D eigenvalue weighted by molar-refractivity contribution is 0.0935. The number of nitrogens with one attached hydrogen (secondary N) is 1. The van der Waals surface area contributed by atoms with Crippen molar-refractivity contribution in [1.29, 1.82) is 0 Å². The lowest BCUT2D eigenvalue weighted by atomic mass is 10.1. The molecule has 168 valence electrons. The Balaban J connectivity index is 1.28. The van der Waals surface area contributed by atoms with Gasteiger partial charge in [-0.1, -0.05) is 23.7 Å². The van der Waals surface area contributed by atoms with Crippen molar-refractivity contribution in [3.05, 3.63) is 64.9 Å². The first-order valence-electron chi connectivity index (χ1n) is 10.9. The highest BCUT2D eigenvalue weighted by atomic mass is 35.5. The van der Waals surface area contributed by atoms with Crippen molar-refractivity contribution in [2.75, 3.05) is 37.6 Å². The first-order valence-corrected chi connectivity index (χ1v) is 11.2. The van der Waals surface area contributed by atoms with Crippen LogP contribution in [0.15, 0.2) is 48.8 Å². The van der Waals surface area contributed by atoms with Gasteiger partial charge in [-0.05, 0) is 66.6 Å². The summed E-state index contributed by atoms with van der Waals surface area (Å²) < 4.78 is 1.46. The number of carbonyl (C=O) groups is 1. The van der Waals surface area contributed by atoms with Gasteiger partial charge in [-0.25, -0.2) is 0 Å². The highest BCUT2D eigenvalue weighted by Gasteiger charge is 2.20. The summed E-state index contributed by atoms with van der Waals surface area (Å²) >= 11 is 6.13. The number of carbonyl (C=O) groups excluding carboxylic acids is 1. The SMILES string of the molecule is Cc1cccc(N2CCN(CCC(C)NC(=O)c3cc(Cl)ccc3-n3cnnn3)CC2)c1. The lowest BCUT2D eigenvalue weighted by Crippen LogP contribution is -2.47. The largest absolute Gasteiger partial charge is 0.369 e. The minimum atomic E-state index is -0.185. The van der Waals surface area contributed by atoms with Gasteiger partial charge in [0.1, 0.15) is 6.33 Å². The Morgan fingerprint density at radius 1 is 1.16 bits per heavy atom. The van der Waals surface area contributed by atoms with E-state index in [2.05, 4.69) is 61.8 Å². The molecule has 4 rings (SSSR count). The van der Waals surface area contributed by atoms with Gasteiger partial charge in [0, 0.05) is 49.5 Å². The fraction of sp³-hybridized carbons (Fsp3) is 0.391. The molecule has 1 N–H and O–H groups in total. The Morgan fingerprint density at radius 3 is 2.69 bits per heavy atom. The Kier molecular flexibility index (Phi) is 7.02. The molecule has 1 fully saturated rings. The highest BCUT2D eigenvalue weighted by Crippen LogP contribution is 2.20. The van der Waals surface area contributed by atoms with Crippen molar-refractivity contribution in [2.45, 2.75) is 26.3 Å². The fourth-order valence-electron chi connectivity index (χ4n) is 3.97. The van der Waals surface area contributed by atoms with Crippen molar-refractivity contribution in [3.8, 4) is 5.69 Å². The van der Waals surface area contributed by atoms with Crippen LogP contribution < -0.4 is 10.2 Å². The summed E-state index contributed by atoms with van der Waals surface area (Å²) in [6, 6.07) is 13.8. The van der Waals surface area contributed by atoms with Crippen molar-refractivity contribution in [3.63, 3.8) is 0 Å². The minimum absolute atomic E-state index is 0.0259. The highest BCUT2D eigenvalue weighted by molar-refractivity contribution is 6.31. The molecule has 32 heavy (non-hydrogen) atoms. The minimum Gasteiger partial charge on any atom is -0.369 e. The molecule has 1 aliphatic rings. The third-order valence-corrected chi connectivity index (χ3v) is 6.03. The van der Waals surface area contributed by atoms with E-state index < -0.39 is 0 Å². The van der Waals surface area contributed by atoms with Crippen LogP contribution in [0.1, 0.15) is 29.3 Å². The van der Waals surface area contributed by atoms with E-state index in [0.29, 0.717) is 16.3 Å². The lowest BCUT2D eigenvalue weighted by Gasteiger charge is -2.36. The Hall–Kier alpha value is -2.97. The standard InChI is InChI=1S/C23H28ClN7O/c1-17-4-3-5-20(14-17)30-12-10-29(11-13-30)9-8-18(2)26-23(32)21-15-19(24)6-7-22(21)31-16-25-27-28-31/h3-7,14-16,18H,8-13H2,1-2H3,(H,26,32). The number of benzene rings is 2. The maximum Gasteiger partial charge on any atom is 0.253 e. The number of hydrogen-bond donors (Lipinski definition) is 1. The summed E-state index contributed by atoms with van der Waals surface area (Å²) in [6.07, 6.45) is 2.33. The van der Waals surface area contributed by atoms with Crippen LogP contribution in [0, 0.1) is 6.92 Å². The first kappa shape index (κ1) is 22.2. The second kappa shape index (κ2) is 10.1. The Labute approximate surface area is 193 Å². The number of aromatic nitrogens is 4. The Morgan fingerprint density at radius 2 is 1.97 bits per heavy atom. The Bertz CT molecular complexity index is 1050. The fourth-order valence-corrected chi connectivity index (χ4v) is 4.14. The van der Waals surface area contributed by atoms with Gasteiger partial charge in [0.05, 0.1) is 11.3 Å². The summed E-state index contributed by atoms with van der Waals surface area (Å²) in [4.78, 5) is 17.8. The number of tetrazole rings is 1. The third-order valence-electron chi connectivity index (χ3n) is 5.79. The molecule has 1 aromatic heterocycles. The van der Waals surface area contributed by atoms with Crippen molar-refractivity contribution in [2.24, 2.45) is 0 Å². The number of rotatable bonds is 7. The van der Waals surface area contributed by atoms with Gasteiger partial charge in [0.15, 0.2) is 0 Å². The van der Waals surface area contributed by atoms with Gasteiger partial charge in [-0.2, -0.15) is 4.68 Å². The number of nitrogens with zero attached hydrogens (tertiary/aromatic N) is 6. The van der Waals surface area contributed by atoms with Crippen LogP contribution in [-0.2, 0) is 0 Å². The number of anilines is 1. The monoisotopic (exact) mass is 453 g/mol. The van der Waals surface area contributed by atoms with Crippen LogP contribution in [0.5, 0.6) is 0 Å². The summed E-state index contributed by atoms with van der Waals surface area (Å²) in [5, 5.41) is 14.8. The first-order chi connectivity index (χ1) is 15.5. The van der Waals surface area contributed by atoms with Crippen molar-refractivity contribution < 1.29 is 4.79 Å². The molecule has 0 bridgehead atoms. The molecule has 0 saturated carbocycles. The molecule has 1 aliphatic heterocycles. The molecule has 8 nitrogen and oxygen atoms in total. The van der Waals surface area contributed by atoms with Crippen LogP contribution in [0.25, 0.3) is 5.69 Å². The molecule has 1 saturated heterocycles. The molecule has 0 aliphatic carbocycles. The summed E-state index contributed by atoms with van der Waals surface area (Å²) in [5.74, 6) is -0.185. The van der Waals surface area contributed by atoms with Crippen LogP contribution in [-0.4, -0.2) is 69.8 Å². The zero-order valence-electron chi connectivity index (χ0n) is 18.4. The molecule has 9 heteroatoms. The van der Waals surface area contributed by atoms with E-state index >= 15 is 0 Å². The third kappa shape index (κ3) is 5.44. The van der Waals surface area contributed by atoms with Gasteiger partial charge in [-0.3, -0.25) is 9.69 Å². The predicted molar refractivity (Wildman–Crippen MR) is 126 cm³/mol. The van der Waals surface area contributed by atoms with Gasteiger partial charge in [-0.15, -0.1) is 5.10 Å². The zero-order chi connectivity index (χ0) is 22.5. The van der Waals surface area contributed by atoms with E-state index in [0.717, 1.165) is 39.1 Å².